The number of carbonyl (C=O) groups is 1. The van der Waals surface area contributed by atoms with Crippen LogP contribution in [0.15, 0.2) is 42.5 Å². The largest absolute Gasteiger partial charge is 0.493 e. The van der Waals surface area contributed by atoms with Gasteiger partial charge in [-0.1, -0.05) is 29.8 Å². The minimum atomic E-state index is -0.839. The number of methoxy groups -OCH3 is 1. The van der Waals surface area contributed by atoms with Crippen molar-refractivity contribution in [3.8, 4) is 11.5 Å². The average molecular weight is 378 g/mol. The Labute approximate surface area is 159 Å². The molecule has 1 N–H and O–H groups in total. The molecular weight excluding hydrogens is 354 g/mol. The Hall–Kier alpha value is -2.24. The number of ether oxygens (including phenoxy) is 2. The fourth-order valence-corrected chi connectivity index (χ4v) is 2.63. The number of benzene rings is 2. The summed E-state index contributed by atoms with van der Waals surface area (Å²) in [5, 5.41) is 9.74. The van der Waals surface area contributed by atoms with Crippen LogP contribution in [0, 0.1) is 0 Å². The number of hydrogen-bond acceptors (Lipinski definition) is 4. The van der Waals surface area contributed by atoms with E-state index in [9.17, 15) is 4.79 Å². The number of rotatable bonds is 9. The minimum absolute atomic E-state index is 0.00516. The van der Waals surface area contributed by atoms with Crippen LogP contribution in [0.4, 0.5) is 0 Å². The Morgan fingerprint density at radius 3 is 2.35 bits per heavy atom. The monoisotopic (exact) mass is 377 g/mol. The molecule has 0 radical (unpaired) electrons. The third-order valence-electron chi connectivity index (χ3n) is 3.99. The molecule has 0 bridgehead atoms. The summed E-state index contributed by atoms with van der Waals surface area (Å²) < 4.78 is 11.3. The molecule has 0 unspecified atom stereocenters. The summed E-state index contributed by atoms with van der Waals surface area (Å²) in [6.45, 7) is 4.88. The van der Waals surface area contributed by atoms with Crippen LogP contribution in [-0.2, 0) is 17.9 Å². The molecule has 0 atom stereocenters. The first-order valence-corrected chi connectivity index (χ1v) is 8.77. The number of halogens is 1. The predicted octanol–water partition coefficient (Wildman–Crippen LogP) is 4.22. The Morgan fingerprint density at radius 2 is 1.77 bits per heavy atom. The first-order chi connectivity index (χ1) is 12.4. The van der Waals surface area contributed by atoms with Gasteiger partial charge in [-0.2, -0.15) is 0 Å². The van der Waals surface area contributed by atoms with Crippen molar-refractivity contribution in [1.82, 2.24) is 4.90 Å². The van der Waals surface area contributed by atoms with Gasteiger partial charge in [0.15, 0.2) is 11.5 Å². The van der Waals surface area contributed by atoms with E-state index in [0.717, 1.165) is 11.1 Å². The van der Waals surface area contributed by atoms with Gasteiger partial charge in [0, 0.05) is 17.6 Å². The highest BCUT2D eigenvalue weighted by Crippen LogP contribution is 2.29. The Balaban J connectivity index is 2.08. The topological polar surface area (TPSA) is 59.0 Å². The average Bonchev–Trinajstić information content (AvgIpc) is 2.60. The fraction of sp³-hybridized carbons (Fsp3) is 0.350. The summed E-state index contributed by atoms with van der Waals surface area (Å²) in [7, 11) is 1.59. The Kier molecular flexibility index (Phi) is 7.30. The van der Waals surface area contributed by atoms with Gasteiger partial charge in [0.1, 0.15) is 6.61 Å². The van der Waals surface area contributed by atoms with Crippen molar-refractivity contribution in [3.63, 3.8) is 0 Å². The summed E-state index contributed by atoms with van der Waals surface area (Å²) in [5.74, 6) is 0.421. The van der Waals surface area contributed by atoms with Crippen LogP contribution in [0.25, 0.3) is 0 Å². The molecule has 5 nitrogen and oxygen atoms in total. The van der Waals surface area contributed by atoms with E-state index in [1.807, 2.05) is 61.2 Å². The lowest BCUT2D eigenvalue weighted by Crippen LogP contribution is -2.35. The summed E-state index contributed by atoms with van der Waals surface area (Å²) in [5.41, 5.74) is 1.98. The standard InChI is InChI=1S/C20H24ClNO4/c1-14(2)22(12-20(23)24)11-16-6-9-18(19(10-16)25-3)26-13-15-4-7-17(21)8-5-15/h4-10,14H,11-13H2,1-3H3,(H,23,24). The highest BCUT2D eigenvalue weighted by molar-refractivity contribution is 6.30. The first-order valence-electron chi connectivity index (χ1n) is 8.39. The van der Waals surface area contributed by atoms with Crippen molar-refractivity contribution in [3.05, 3.63) is 58.6 Å². The first kappa shape index (κ1) is 20.1. The molecule has 0 fully saturated rings. The summed E-state index contributed by atoms with van der Waals surface area (Å²) >= 11 is 5.89. The fourth-order valence-electron chi connectivity index (χ4n) is 2.50. The lowest BCUT2D eigenvalue weighted by atomic mass is 10.1. The number of hydrogen-bond donors (Lipinski definition) is 1. The van der Waals surface area contributed by atoms with Crippen molar-refractivity contribution in [1.29, 1.82) is 0 Å². The van der Waals surface area contributed by atoms with E-state index in [1.165, 1.54) is 0 Å². The molecule has 0 heterocycles. The van der Waals surface area contributed by atoms with E-state index in [0.29, 0.717) is 29.7 Å². The molecule has 0 aliphatic rings. The molecular formula is C20H24ClNO4. The number of aliphatic carboxylic acids is 1. The van der Waals surface area contributed by atoms with Crippen LogP contribution in [0.1, 0.15) is 25.0 Å². The quantitative estimate of drug-likeness (QED) is 0.708. The van der Waals surface area contributed by atoms with E-state index in [1.54, 1.807) is 7.11 Å². The smallest absolute Gasteiger partial charge is 0.317 e. The van der Waals surface area contributed by atoms with Gasteiger partial charge in [0.2, 0.25) is 0 Å². The van der Waals surface area contributed by atoms with Crippen molar-refractivity contribution in [2.75, 3.05) is 13.7 Å². The van der Waals surface area contributed by atoms with Gasteiger partial charge in [0.05, 0.1) is 13.7 Å². The van der Waals surface area contributed by atoms with Gasteiger partial charge in [-0.05, 0) is 49.2 Å². The molecule has 0 aliphatic carbocycles. The highest BCUT2D eigenvalue weighted by atomic mass is 35.5. The lowest BCUT2D eigenvalue weighted by molar-refractivity contribution is -0.138. The third-order valence-corrected chi connectivity index (χ3v) is 4.24. The van der Waals surface area contributed by atoms with E-state index < -0.39 is 5.97 Å². The summed E-state index contributed by atoms with van der Waals surface area (Å²) in [4.78, 5) is 12.9. The highest BCUT2D eigenvalue weighted by Gasteiger charge is 2.15. The molecule has 0 spiro atoms. The maximum Gasteiger partial charge on any atom is 0.317 e. The molecule has 0 aliphatic heterocycles. The maximum absolute atomic E-state index is 11.0. The second-order valence-electron chi connectivity index (χ2n) is 6.29. The number of carboxylic acid groups (broad SMARTS) is 1. The van der Waals surface area contributed by atoms with E-state index in [4.69, 9.17) is 26.2 Å². The summed E-state index contributed by atoms with van der Waals surface area (Å²) in [6.07, 6.45) is 0. The van der Waals surface area contributed by atoms with Crippen molar-refractivity contribution in [2.24, 2.45) is 0 Å². The van der Waals surface area contributed by atoms with E-state index in [2.05, 4.69) is 0 Å². The van der Waals surface area contributed by atoms with Gasteiger partial charge in [-0.15, -0.1) is 0 Å². The second-order valence-corrected chi connectivity index (χ2v) is 6.73. The lowest BCUT2D eigenvalue weighted by Gasteiger charge is -2.25. The van der Waals surface area contributed by atoms with E-state index in [-0.39, 0.29) is 12.6 Å². The van der Waals surface area contributed by atoms with Crippen LogP contribution in [-0.4, -0.2) is 35.7 Å². The molecule has 2 aromatic carbocycles. The zero-order valence-electron chi connectivity index (χ0n) is 15.2. The third kappa shape index (κ3) is 5.93. The number of carboxylic acids is 1. The molecule has 2 rings (SSSR count). The van der Waals surface area contributed by atoms with Gasteiger partial charge < -0.3 is 14.6 Å². The Morgan fingerprint density at radius 1 is 1.12 bits per heavy atom. The van der Waals surface area contributed by atoms with Crippen LogP contribution in [0.3, 0.4) is 0 Å². The maximum atomic E-state index is 11.0. The predicted molar refractivity (Wildman–Crippen MR) is 102 cm³/mol. The molecule has 26 heavy (non-hydrogen) atoms. The van der Waals surface area contributed by atoms with Gasteiger partial charge in [-0.25, -0.2) is 0 Å². The van der Waals surface area contributed by atoms with Crippen LogP contribution in [0.2, 0.25) is 5.02 Å². The molecule has 0 saturated heterocycles. The molecule has 6 heteroatoms. The van der Waals surface area contributed by atoms with Crippen LogP contribution in [0.5, 0.6) is 11.5 Å². The zero-order valence-corrected chi connectivity index (χ0v) is 16.0. The van der Waals surface area contributed by atoms with Crippen LogP contribution >= 0.6 is 11.6 Å². The van der Waals surface area contributed by atoms with Gasteiger partial charge in [-0.3, -0.25) is 9.69 Å². The van der Waals surface area contributed by atoms with Crippen molar-refractivity contribution >= 4 is 17.6 Å². The van der Waals surface area contributed by atoms with E-state index >= 15 is 0 Å². The van der Waals surface area contributed by atoms with Gasteiger partial charge >= 0.3 is 5.97 Å². The molecule has 0 amide bonds. The van der Waals surface area contributed by atoms with Crippen molar-refractivity contribution in [2.45, 2.75) is 33.0 Å². The minimum Gasteiger partial charge on any atom is -0.493 e. The zero-order chi connectivity index (χ0) is 19.1. The summed E-state index contributed by atoms with van der Waals surface area (Å²) in [6, 6.07) is 13.3. The second kappa shape index (κ2) is 9.46. The Bertz CT molecular complexity index is 731. The normalized spacial score (nSPS) is 11.0. The molecule has 140 valence electrons. The SMILES string of the molecule is COc1cc(CN(CC(=O)O)C(C)C)ccc1OCc1ccc(Cl)cc1. The number of nitrogens with zero attached hydrogens (tertiary/aromatic N) is 1. The molecule has 0 saturated carbocycles. The van der Waals surface area contributed by atoms with Crippen molar-refractivity contribution < 1.29 is 19.4 Å². The van der Waals surface area contributed by atoms with Gasteiger partial charge in [0.25, 0.3) is 0 Å². The van der Waals surface area contributed by atoms with Crippen LogP contribution < -0.4 is 9.47 Å². The molecule has 0 aromatic heterocycles. The molecule has 2 aromatic rings.